The predicted molar refractivity (Wildman–Crippen MR) is 118 cm³/mol. The maximum atomic E-state index is 5.33. The largest absolute Gasteiger partial charge is 0.497 e. The second-order valence-electron chi connectivity index (χ2n) is 7.42. The van der Waals surface area contributed by atoms with Gasteiger partial charge in [-0.2, -0.15) is 0 Å². The monoisotopic (exact) mass is 408 g/mol. The van der Waals surface area contributed by atoms with E-state index in [1.54, 1.807) is 18.9 Å². The zero-order valence-electron chi connectivity index (χ0n) is 16.9. The number of aromatic nitrogens is 3. The molecule has 4 rings (SSSR count). The minimum atomic E-state index is 0.499. The Morgan fingerprint density at radius 1 is 1.03 bits per heavy atom. The molecule has 152 valence electrons. The highest BCUT2D eigenvalue weighted by atomic mass is 32.2. The van der Waals surface area contributed by atoms with Crippen LogP contribution in [0.3, 0.4) is 0 Å². The van der Waals surface area contributed by atoms with Crippen molar-refractivity contribution in [3.63, 3.8) is 0 Å². The highest BCUT2D eigenvalue weighted by Gasteiger charge is 2.23. The fourth-order valence-corrected chi connectivity index (χ4v) is 4.85. The smallest absolute Gasteiger partial charge is 0.191 e. The number of anilines is 1. The van der Waals surface area contributed by atoms with Crippen LogP contribution in [0.2, 0.25) is 0 Å². The van der Waals surface area contributed by atoms with Crippen LogP contribution in [0.4, 0.5) is 5.69 Å². The summed E-state index contributed by atoms with van der Waals surface area (Å²) in [7, 11) is 1.69. The topological polar surface area (TPSA) is 52.0 Å². The van der Waals surface area contributed by atoms with Crippen LogP contribution >= 0.6 is 11.8 Å². The molecular formula is C23H28N4OS. The highest BCUT2D eigenvalue weighted by molar-refractivity contribution is 7.98. The summed E-state index contributed by atoms with van der Waals surface area (Å²) in [5.41, 5.74) is 2.34. The third-order valence-electron chi connectivity index (χ3n) is 5.41. The SMILES string of the molecule is COc1cccc(NCc2nnc(SCc3ccccc3)n2C2CCCCC2)c1. The summed E-state index contributed by atoms with van der Waals surface area (Å²) in [6.45, 7) is 0.655. The summed E-state index contributed by atoms with van der Waals surface area (Å²) in [6, 6.07) is 19.1. The predicted octanol–water partition coefficient (Wildman–Crippen LogP) is 5.70. The Kier molecular flexibility index (Phi) is 6.72. The number of ether oxygens (including phenoxy) is 1. The Labute approximate surface area is 176 Å². The van der Waals surface area contributed by atoms with Gasteiger partial charge in [0.1, 0.15) is 5.75 Å². The van der Waals surface area contributed by atoms with E-state index in [9.17, 15) is 0 Å². The summed E-state index contributed by atoms with van der Waals surface area (Å²) in [4.78, 5) is 0. The van der Waals surface area contributed by atoms with E-state index in [1.165, 1.54) is 37.7 Å². The van der Waals surface area contributed by atoms with Crippen LogP contribution < -0.4 is 10.1 Å². The molecule has 29 heavy (non-hydrogen) atoms. The van der Waals surface area contributed by atoms with Gasteiger partial charge in [-0.1, -0.05) is 67.4 Å². The van der Waals surface area contributed by atoms with E-state index in [0.717, 1.165) is 28.2 Å². The van der Waals surface area contributed by atoms with Crippen LogP contribution in [-0.4, -0.2) is 21.9 Å². The lowest BCUT2D eigenvalue weighted by Gasteiger charge is -2.25. The van der Waals surface area contributed by atoms with Crippen LogP contribution in [-0.2, 0) is 12.3 Å². The van der Waals surface area contributed by atoms with Crippen LogP contribution in [0.25, 0.3) is 0 Å². The summed E-state index contributed by atoms with van der Waals surface area (Å²) in [5, 5.41) is 13.6. The summed E-state index contributed by atoms with van der Waals surface area (Å²) >= 11 is 1.78. The fraction of sp³-hybridized carbons (Fsp3) is 0.391. The van der Waals surface area contributed by atoms with Crippen molar-refractivity contribution in [1.29, 1.82) is 0 Å². The second kappa shape index (κ2) is 9.83. The number of methoxy groups -OCH3 is 1. The zero-order valence-corrected chi connectivity index (χ0v) is 17.7. The van der Waals surface area contributed by atoms with Crippen molar-refractivity contribution < 1.29 is 4.74 Å². The van der Waals surface area contributed by atoms with Gasteiger partial charge < -0.3 is 14.6 Å². The molecule has 0 aliphatic heterocycles. The lowest BCUT2D eigenvalue weighted by atomic mass is 9.95. The van der Waals surface area contributed by atoms with E-state index in [2.05, 4.69) is 56.5 Å². The van der Waals surface area contributed by atoms with Crippen LogP contribution in [0.5, 0.6) is 5.75 Å². The van der Waals surface area contributed by atoms with Gasteiger partial charge in [-0.25, -0.2) is 0 Å². The van der Waals surface area contributed by atoms with E-state index in [-0.39, 0.29) is 0 Å². The molecule has 3 aromatic rings. The fourth-order valence-electron chi connectivity index (χ4n) is 3.87. The van der Waals surface area contributed by atoms with E-state index >= 15 is 0 Å². The van der Waals surface area contributed by atoms with Gasteiger partial charge in [-0.3, -0.25) is 0 Å². The molecule has 6 heteroatoms. The van der Waals surface area contributed by atoms with Crippen molar-refractivity contribution in [2.45, 2.75) is 55.6 Å². The first-order valence-electron chi connectivity index (χ1n) is 10.3. The number of thioether (sulfide) groups is 1. The highest BCUT2D eigenvalue weighted by Crippen LogP contribution is 2.33. The minimum Gasteiger partial charge on any atom is -0.497 e. The van der Waals surface area contributed by atoms with Gasteiger partial charge in [0, 0.05) is 23.5 Å². The molecule has 5 nitrogen and oxygen atoms in total. The number of rotatable bonds is 8. The molecule has 1 saturated carbocycles. The number of nitrogens with one attached hydrogen (secondary N) is 1. The Bertz CT molecular complexity index is 906. The average molecular weight is 409 g/mol. The summed E-state index contributed by atoms with van der Waals surface area (Å²) < 4.78 is 7.72. The Morgan fingerprint density at radius 2 is 1.86 bits per heavy atom. The third kappa shape index (κ3) is 5.12. The van der Waals surface area contributed by atoms with E-state index in [1.807, 2.05) is 18.2 Å². The van der Waals surface area contributed by atoms with Crippen molar-refractivity contribution in [2.24, 2.45) is 0 Å². The maximum absolute atomic E-state index is 5.33. The van der Waals surface area contributed by atoms with Gasteiger partial charge in [0.05, 0.1) is 13.7 Å². The molecule has 1 aliphatic rings. The first kappa shape index (κ1) is 19.8. The summed E-state index contributed by atoms with van der Waals surface area (Å²) in [6.07, 6.45) is 6.33. The van der Waals surface area contributed by atoms with Crippen molar-refractivity contribution in [2.75, 3.05) is 12.4 Å². The Hall–Kier alpha value is -2.47. The van der Waals surface area contributed by atoms with Gasteiger partial charge >= 0.3 is 0 Å². The lowest BCUT2D eigenvalue weighted by molar-refractivity contribution is 0.330. The van der Waals surface area contributed by atoms with Crippen LogP contribution in [0, 0.1) is 0 Å². The van der Waals surface area contributed by atoms with Crippen molar-refractivity contribution in [3.8, 4) is 5.75 Å². The molecule has 0 saturated heterocycles. The molecule has 1 heterocycles. The molecule has 0 radical (unpaired) electrons. The lowest BCUT2D eigenvalue weighted by Crippen LogP contribution is -2.18. The van der Waals surface area contributed by atoms with Crippen LogP contribution in [0.15, 0.2) is 59.8 Å². The van der Waals surface area contributed by atoms with E-state index in [4.69, 9.17) is 4.74 Å². The maximum Gasteiger partial charge on any atom is 0.191 e. The summed E-state index contributed by atoms with van der Waals surface area (Å²) in [5.74, 6) is 2.77. The second-order valence-corrected chi connectivity index (χ2v) is 8.36. The van der Waals surface area contributed by atoms with Crippen molar-refractivity contribution in [1.82, 2.24) is 14.8 Å². The molecule has 0 spiro atoms. The molecular weight excluding hydrogens is 380 g/mol. The molecule has 1 aliphatic carbocycles. The quantitative estimate of drug-likeness (QED) is 0.485. The zero-order chi connectivity index (χ0) is 19.9. The Morgan fingerprint density at radius 3 is 2.66 bits per heavy atom. The van der Waals surface area contributed by atoms with E-state index in [0.29, 0.717) is 12.6 Å². The van der Waals surface area contributed by atoms with Gasteiger partial charge in [-0.15, -0.1) is 10.2 Å². The number of hydrogen-bond acceptors (Lipinski definition) is 5. The molecule has 0 unspecified atom stereocenters. The first-order chi connectivity index (χ1) is 14.3. The Balaban J connectivity index is 1.51. The third-order valence-corrected chi connectivity index (χ3v) is 6.42. The number of benzene rings is 2. The minimum absolute atomic E-state index is 0.499. The van der Waals surface area contributed by atoms with Crippen molar-refractivity contribution in [3.05, 3.63) is 66.0 Å². The van der Waals surface area contributed by atoms with Gasteiger partial charge in [0.15, 0.2) is 11.0 Å². The molecule has 0 amide bonds. The standard InChI is InChI=1S/C23H28N4OS/c1-28-21-14-8-11-19(15-21)24-16-22-25-26-23(27(22)20-12-6-3-7-13-20)29-17-18-9-4-2-5-10-18/h2,4-5,8-11,14-15,20,24H,3,6-7,12-13,16-17H2,1H3. The first-order valence-corrected chi connectivity index (χ1v) is 11.3. The molecule has 1 fully saturated rings. The normalized spacial score (nSPS) is 14.7. The number of nitrogens with zero attached hydrogens (tertiary/aromatic N) is 3. The average Bonchev–Trinajstić information content (AvgIpc) is 3.20. The molecule has 1 N–H and O–H groups in total. The molecule has 0 atom stereocenters. The van der Waals surface area contributed by atoms with E-state index < -0.39 is 0 Å². The van der Waals surface area contributed by atoms with Gasteiger partial charge in [0.25, 0.3) is 0 Å². The van der Waals surface area contributed by atoms with Gasteiger partial charge in [0.2, 0.25) is 0 Å². The molecule has 0 bridgehead atoms. The van der Waals surface area contributed by atoms with Gasteiger partial charge in [-0.05, 0) is 30.5 Å². The molecule has 2 aromatic carbocycles. The number of hydrogen-bond donors (Lipinski definition) is 1. The van der Waals surface area contributed by atoms with Crippen LogP contribution in [0.1, 0.15) is 49.5 Å². The molecule has 1 aromatic heterocycles. The van der Waals surface area contributed by atoms with Crippen molar-refractivity contribution >= 4 is 17.4 Å².